The first kappa shape index (κ1) is 19.2. The van der Waals surface area contributed by atoms with Gasteiger partial charge in [0.15, 0.2) is 5.65 Å². The first-order valence-electron chi connectivity index (χ1n) is 9.34. The van der Waals surface area contributed by atoms with Crippen LogP contribution in [0, 0.1) is 0 Å². The topological polar surface area (TPSA) is 81.9 Å². The number of fused-ring (bicyclic) bond motifs is 3. The molecule has 0 aliphatic carbocycles. The number of amides is 1. The molecule has 0 aliphatic heterocycles. The fraction of sp³-hybridized carbons (Fsp3) is 0.238. The van der Waals surface area contributed by atoms with Gasteiger partial charge in [0.25, 0.3) is 0 Å². The third-order valence-electron chi connectivity index (χ3n) is 4.66. The molecule has 0 saturated heterocycles. The molecule has 1 amide bonds. The van der Waals surface area contributed by atoms with E-state index in [1.807, 2.05) is 43.3 Å². The molecule has 29 heavy (non-hydrogen) atoms. The molecule has 0 spiro atoms. The van der Waals surface area contributed by atoms with E-state index in [2.05, 4.69) is 33.1 Å². The van der Waals surface area contributed by atoms with Gasteiger partial charge in [-0.1, -0.05) is 36.0 Å². The van der Waals surface area contributed by atoms with Crippen molar-refractivity contribution in [3.8, 4) is 5.75 Å². The number of para-hydroxylation sites is 1. The van der Waals surface area contributed by atoms with Gasteiger partial charge in [-0.05, 0) is 32.0 Å². The molecule has 4 aromatic rings. The summed E-state index contributed by atoms with van der Waals surface area (Å²) in [6.07, 6.45) is 0. The van der Waals surface area contributed by atoms with Crippen LogP contribution in [0.5, 0.6) is 5.75 Å². The Morgan fingerprint density at radius 1 is 1.21 bits per heavy atom. The number of hydrogen-bond acceptors (Lipinski definition) is 6. The zero-order chi connectivity index (χ0) is 20.4. The number of nitrogens with one attached hydrogen (secondary N) is 1. The van der Waals surface area contributed by atoms with Gasteiger partial charge < -0.3 is 14.6 Å². The summed E-state index contributed by atoms with van der Waals surface area (Å²) in [7, 11) is 1.59. The van der Waals surface area contributed by atoms with Gasteiger partial charge >= 0.3 is 0 Å². The maximum atomic E-state index is 12.6. The van der Waals surface area contributed by atoms with Crippen LogP contribution in [0.2, 0.25) is 0 Å². The third kappa shape index (κ3) is 3.75. The summed E-state index contributed by atoms with van der Waals surface area (Å²) in [5.74, 6) is 0.552. The summed E-state index contributed by atoms with van der Waals surface area (Å²) in [4.78, 5) is 17.3. The Morgan fingerprint density at radius 3 is 2.83 bits per heavy atom. The fourth-order valence-electron chi connectivity index (χ4n) is 3.22. The van der Waals surface area contributed by atoms with E-state index in [1.54, 1.807) is 13.2 Å². The van der Waals surface area contributed by atoms with Gasteiger partial charge in [-0.15, -0.1) is 10.2 Å². The first-order chi connectivity index (χ1) is 14.1. The van der Waals surface area contributed by atoms with Crippen molar-refractivity contribution in [1.29, 1.82) is 0 Å². The van der Waals surface area contributed by atoms with E-state index in [1.165, 1.54) is 11.8 Å². The smallest absolute Gasteiger partial charge is 0.237 e. The van der Waals surface area contributed by atoms with Crippen LogP contribution in [0.3, 0.4) is 0 Å². The molecule has 0 unspecified atom stereocenters. The van der Waals surface area contributed by atoms with E-state index in [9.17, 15) is 4.79 Å². The predicted octanol–water partition coefficient (Wildman–Crippen LogP) is 4.13. The second-order valence-electron chi connectivity index (χ2n) is 6.51. The summed E-state index contributed by atoms with van der Waals surface area (Å²) in [5, 5.41) is 12.7. The highest BCUT2D eigenvalue weighted by atomic mass is 32.2. The van der Waals surface area contributed by atoms with Crippen molar-refractivity contribution >= 4 is 45.4 Å². The van der Waals surface area contributed by atoms with Crippen molar-refractivity contribution in [3.63, 3.8) is 0 Å². The van der Waals surface area contributed by atoms with Gasteiger partial charge in [0.05, 0.1) is 17.9 Å². The molecule has 0 radical (unpaired) electrons. The number of benzene rings is 2. The van der Waals surface area contributed by atoms with E-state index in [4.69, 9.17) is 9.72 Å². The van der Waals surface area contributed by atoms with E-state index in [0.717, 1.165) is 28.6 Å². The number of carbonyl (C=O) groups is 1. The maximum Gasteiger partial charge on any atom is 0.237 e. The predicted molar refractivity (Wildman–Crippen MR) is 115 cm³/mol. The molecule has 0 fully saturated rings. The Bertz CT molecular complexity index is 1190. The molecule has 1 atom stereocenters. The SMILES string of the molecule is CCn1c2ccccc2c2nnc(S[C@H](C)C(=O)Nc3cccc(OC)c3)nc21. The number of methoxy groups -OCH3 is 1. The highest BCUT2D eigenvalue weighted by molar-refractivity contribution is 8.00. The van der Waals surface area contributed by atoms with Crippen molar-refractivity contribution in [3.05, 3.63) is 48.5 Å². The molecule has 0 saturated carbocycles. The highest BCUT2D eigenvalue weighted by Gasteiger charge is 2.19. The Kier molecular flexibility index (Phi) is 5.35. The fourth-order valence-corrected chi connectivity index (χ4v) is 3.92. The number of anilines is 1. The number of ether oxygens (including phenoxy) is 1. The van der Waals surface area contributed by atoms with Gasteiger partial charge in [-0.25, -0.2) is 4.98 Å². The molecular weight excluding hydrogens is 386 g/mol. The van der Waals surface area contributed by atoms with Crippen molar-refractivity contribution in [2.75, 3.05) is 12.4 Å². The van der Waals surface area contributed by atoms with Gasteiger partial charge in [0.1, 0.15) is 11.3 Å². The lowest BCUT2D eigenvalue weighted by Gasteiger charge is -2.11. The average molecular weight is 407 g/mol. The number of aromatic nitrogens is 4. The van der Waals surface area contributed by atoms with Crippen molar-refractivity contribution in [2.45, 2.75) is 30.8 Å². The number of rotatable bonds is 6. The number of carbonyl (C=O) groups excluding carboxylic acids is 1. The second kappa shape index (κ2) is 8.08. The van der Waals surface area contributed by atoms with Crippen molar-refractivity contribution in [1.82, 2.24) is 19.7 Å². The molecule has 2 heterocycles. The van der Waals surface area contributed by atoms with Crippen LogP contribution in [0.4, 0.5) is 5.69 Å². The minimum absolute atomic E-state index is 0.136. The lowest BCUT2D eigenvalue weighted by Crippen LogP contribution is -2.22. The molecule has 4 rings (SSSR count). The molecule has 2 aromatic carbocycles. The van der Waals surface area contributed by atoms with E-state index < -0.39 is 0 Å². The van der Waals surface area contributed by atoms with Crippen LogP contribution in [0.15, 0.2) is 53.7 Å². The van der Waals surface area contributed by atoms with Crippen LogP contribution in [-0.4, -0.2) is 38.0 Å². The standard InChI is InChI=1S/C21H21N5O2S/c1-4-26-17-11-6-5-10-16(17)18-19(26)23-21(25-24-18)29-13(2)20(27)22-14-8-7-9-15(12-14)28-3/h5-13H,4H2,1-3H3,(H,22,27)/t13-/m1/s1. The monoisotopic (exact) mass is 407 g/mol. The van der Waals surface area contributed by atoms with Gasteiger partial charge in [-0.3, -0.25) is 4.79 Å². The zero-order valence-electron chi connectivity index (χ0n) is 16.4. The van der Waals surface area contributed by atoms with Crippen LogP contribution >= 0.6 is 11.8 Å². The summed E-state index contributed by atoms with van der Waals surface area (Å²) in [6, 6.07) is 15.3. The number of hydrogen-bond donors (Lipinski definition) is 1. The Morgan fingerprint density at radius 2 is 2.03 bits per heavy atom. The van der Waals surface area contributed by atoms with Gasteiger partial charge in [0.2, 0.25) is 11.1 Å². The van der Waals surface area contributed by atoms with Gasteiger partial charge in [-0.2, -0.15) is 0 Å². The number of nitrogens with zero attached hydrogens (tertiary/aromatic N) is 4. The summed E-state index contributed by atoms with van der Waals surface area (Å²) in [6.45, 7) is 4.67. The lowest BCUT2D eigenvalue weighted by atomic mass is 10.2. The quantitative estimate of drug-likeness (QED) is 0.484. The molecule has 148 valence electrons. The number of aryl methyl sites for hydroxylation is 1. The molecular formula is C21H21N5O2S. The van der Waals surface area contributed by atoms with E-state index in [0.29, 0.717) is 16.6 Å². The Balaban J connectivity index is 1.56. The van der Waals surface area contributed by atoms with Crippen LogP contribution in [0.1, 0.15) is 13.8 Å². The average Bonchev–Trinajstić information content (AvgIpc) is 3.06. The summed E-state index contributed by atoms with van der Waals surface area (Å²) < 4.78 is 7.31. The lowest BCUT2D eigenvalue weighted by molar-refractivity contribution is -0.115. The third-order valence-corrected chi connectivity index (χ3v) is 5.61. The zero-order valence-corrected chi connectivity index (χ0v) is 17.2. The van der Waals surface area contributed by atoms with Crippen LogP contribution in [0.25, 0.3) is 22.1 Å². The normalized spacial score (nSPS) is 12.2. The van der Waals surface area contributed by atoms with Crippen LogP contribution in [-0.2, 0) is 11.3 Å². The van der Waals surface area contributed by atoms with Crippen molar-refractivity contribution < 1.29 is 9.53 Å². The minimum Gasteiger partial charge on any atom is -0.497 e. The molecule has 0 bridgehead atoms. The minimum atomic E-state index is -0.389. The van der Waals surface area contributed by atoms with Gasteiger partial charge in [0, 0.05) is 23.7 Å². The number of thioether (sulfide) groups is 1. The Hall–Kier alpha value is -3.13. The summed E-state index contributed by atoms with van der Waals surface area (Å²) >= 11 is 1.28. The van der Waals surface area contributed by atoms with Crippen LogP contribution < -0.4 is 10.1 Å². The molecule has 2 aromatic heterocycles. The maximum absolute atomic E-state index is 12.6. The first-order valence-corrected chi connectivity index (χ1v) is 10.2. The second-order valence-corrected chi connectivity index (χ2v) is 7.82. The highest BCUT2D eigenvalue weighted by Crippen LogP contribution is 2.28. The summed E-state index contributed by atoms with van der Waals surface area (Å²) in [5.41, 5.74) is 3.33. The largest absolute Gasteiger partial charge is 0.497 e. The van der Waals surface area contributed by atoms with E-state index >= 15 is 0 Å². The molecule has 1 N–H and O–H groups in total. The van der Waals surface area contributed by atoms with E-state index in [-0.39, 0.29) is 11.2 Å². The molecule has 0 aliphatic rings. The molecule has 8 heteroatoms. The molecule has 7 nitrogen and oxygen atoms in total. The van der Waals surface area contributed by atoms with Crippen molar-refractivity contribution in [2.24, 2.45) is 0 Å². The Labute approximate surface area is 172 Å².